The van der Waals surface area contributed by atoms with Crippen molar-refractivity contribution in [3.05, 3.63) is 68.4 Å². The summed E-state index contributed by atoms with van der Waals surface area (Å²) >= 11 is 19.4. The summed E-state index contributed by atoms with van der Waals surface area (Å²) in [4.78, 5) is 27.1. The molecule has 31 heavy (non-hydrogen) atoms. The van der Waals surface area contributed by atoms with Gasteiger partial charge in [0.2, 0.25) is 11.8 Å². The van der Waals surface area contributed by atoms with Crippen LogP contribution in [0.2, 0.25) is 15.1 Å². The van der Waals surface area contributed by atoms with Crippen molar-refractivity contribution in [3.63, 3.8) is 0 Å². The van der Waals surface area contributed by atoms with Crippen LogP contribution in [0.25, 0.3) is 0 Å². The van der Waals surface area contributed by atoms with Gasteiger partial charge in [-0.25, -0.2) is 4.39 Å². The number of benzene rings is 2. The van der Waals surface area contributed by atoms with Gasteiger partial charge in [0.05, 0.1) is 15.8 Å². The molecule has 2 aromatic carbocycles. The minimum absolute atomic E-state index is 0.0607. The molecular formula is C22H24Cl3FN2O2S. The van der Waals surface area contributed by atoms with Crippen molar-refractivity contribution >= 4 is 58.4 Å². The monoisotopic (exact) mass is 504 g/mol. The van der Waals surface area contributed by atoms with Crippen LogP contribution in [-0.2, 0) is 21.9 Å². The molecule has 0 radical (unpaired) electrons. The molecule has 0 aliphatic heterocycles. The van der Waals surface area contributed by atoms with Gasteiger partial charge in [0.15, 0.2) is 0 Å². The van der Waals surface area contributed by atoms with Gasteiger partial charge >= 0.3 is 0 Å². The molecule has 0 spiro atoms. The number of nitrogens with zero attached hydrogens (tertiary/aromatic N) is 1. The van der Waals surface area contributed by atoms with Gasteiger partial charge in [-0.3, -0.25) is 9.59 Å². The zero-order valence-electron chi connectivity index (χ0n) is 17.4. The van der Waals surface area contributed by atoms with Crippen LogP contribution in [0.3, 0.4) is 0 Å². The lowest BCUT2D eigenvalue weighted by Gasteiger charge is -2.29. The summed E-state index contributed by atoms with van der Waals surface area (Å²) in [6, 6.07) is 8.78. The zero-order chi connectivity index (χ0) is 23.1. The van der Waals surface area contributed by atoms with E-state index in [2.05, 4.69) is 5.32 Å². The quantitative estimate of drug-likeness (QED) is 0.457. The summed E-state index contributed by atoms with van der Waals surface area (Å²) in [6.45, 7) is 5.56. The summed E-state index contributed by atoms with van der Waals surface area (Å²) in [5.74, 6) is -0.624. The van der Waals surface area contributed by atoms with E-state index < -0.39 is 11.9 Å². The largest absolute Gasteiger partial charge is 0.352 e. The maximum absolute atomic E-state index is 14.0. The van der Waals surface area contributed by atoms with E-state index in [1.165, 1.54) is 28.8 Å². The van der Waals surface area contributed by atoms with Crippen LogP contribution in [-0.4, -0.2) is 34.6 Å². The molecule has 2 aromatic rings. The number of rotatable bonds is 9. The molecule has 168 valence electrons. The minimum Gasteiger partial charge on any atom is -0.352 e. The maximum atomic E-state index is 14.0. The lowest BCUT2D eigenvalue weighted by Crippen LogP contribution is -2.49. The number of hydrogen-bond acceptors (Lipinski definition) is 3. The smallest absolute Gasteiger partial charge is 0.242 e. The van der Waals surface area contributed by atoms with Crippen LogP contribution in [0, 0.1) is 5.82 Å². The van der Waals surface area contributed by atoms with E-state index in [4.69, 9.17) is 34.8 Å². The molecule has 2 amide bonds. The van der Waals surface area contributed by atoms with E-state index in [9.17, 15) is 14.0 Å². The molecule has 0 aromatic heterocycles. The predicted molar refractivity (Wildman–Crippen MR) is 127 cm³/mol. The first-order valence-electron chi connectivity index (χ1n) is 9.64. The first kappa shape index (κ1) is 25.8. The van der Waals surface area contributed by atoms with Crippen molar-refractivity contribution in [2.24, 2.45) is 0 Å². The average molecular weight is 506 g/mol. The van der Waals surface area contributed by atoms with Crippen LogP contribution < -0.4 is 5.32 Å². The van der Waals surface area contributed by atoms with E-state index in [0.29, 0.717) is 20.6 Å². The number of nitrogens with one attached hydrogen (secondary N) is 1. The molecule has 9 heteroatoms. The van der Waals surface area contributed by atoms with Gasteiger partial charge in [-0.2, -0.15) is 0 Å². The first-order chi connectivity index (χ1) is 14.6. The Kier molecular flexibility index (Phi) is 9.94. The molecular weight excluding hydrogens is 482 g/mol. The Morgan fingerprint density at radius 2 is 1.77 bits per heavy atom. The number of amides is 2. The Hall–Kier alpha value is -1.47. The summed E-state index contributed by atoms with van der Waals surface area (Å²) in [5.41, 5.74) is 1.10. The highest BCUT2D eigenvalue weighted by atomic mass is 35.5. The maximum Gasteiger partial charge on any atom is 0.242 e. The van der Waals surface area contributed by atoms with Gasteiger partial charge < -0.3 is 10.2 Å². The van der Waals surface area contributed by atoms with Crippen LogP contribution in [0.1, 0.15) is 31.9 Å². The lowest BCUT2D eigenvalue weighted by molar-refractivity contribution is -0.138. The first-order valence-corrected chi connectivity index (χ1v) is 11.9. The fourth-order valence-electron chi connectivity index (χ4n) is 2.82. The Labute approximate surface area is 201 Å². The normalized spacial score (nSPS) is 12.0. The van der Waals surface area contributed by atoms with E-state index >= 15 is 0 Å². The number of halogens is 4. The van der Waals surface area contributed by atoms with E-state index in [0.717, 1.165) is 5.56 Å². The summed E-state index contributed by atoms with van der Waals surface area (Å²) in [5, 5.41) is 3.92. The molecule has 0 unspecified atom stereocenters. The van der Waals surface area contributed by atoms with Gasteiger partial charge in [-0.05, 0) is 50.6 Å². The fraction of sp³-hybridized carbons (Fsp3) is 0.364. The number of hydrogen-bond donors (Lipinski definition) is 1. The number of thioether (sulfide) groups is 1. The standard InChI is InChI=1S/C22H24Cl3FN2O2S/c1-13(2)27-22(30)14(3)28(10-15-7-8-18(24)19(25)9-15)21(29)12-31-11-16-17(23)5-4-6-20(16)26/h4-9,13-14H,10-12H2,1-3H3,(H,27,30)/t14-/m0/s1. The summed E-state index contributed by atoms with van der Waals surface area (Å²) in [7, 11) is 0. The van der Waals surface area contributed by atoms with Crippen LogP contribution in [0.5, 0.6) is 0 Å². The molecule has 0 fully saturated rings. The molecule has 0 aliphatic rings. The molecule has 0 saturated heterocycles. The third kappa shape index (κ3) is 7.56. The summed E-state index contributed by atoms with van der Waals surface area (Å²) in [6.07, 6.45) is 0. The highest BCUT2D eigenvalue weighted by Crippen LogP contribution is 2.26. The Bertz CT molecular complexity index is 923. The predicted octanol–water partition coefficient (Wildman–Crippen LogP) is 5.96. The van der Waals surface area contributed by atoms with Crippen molar-refractivity contribution in [1.29, 1.82) is 0 Å². The zero-order valence-corrected chi connectivity index (χ0v) is 20.5. The highest BCUT2D eigenvalue weighted by molar-refractivity contribution is 7.99. The Balaban J connectivity index is 2.14. The van der Waals surface area contributed by atoms with E-state index in [1.807, 2.05) is 13.8 Å². The molecule has 0 bridgehead atoms. The second-order valence-electron chi connectivity index (χ2n) is 7.30. The van der Waals surface area contributed by atoms with Crippen LogP contribution in [0.4, 0.5) is 4.39 Å². The lowest BCUT2D eigenvalue weighted by atomic mass is 10.1. The molecule has 1 N–H and O–H groups in total. The third-order valence-corrected chi connectivity index (χ3v) is 6.51. The Morgan fingerprint density at radius 3 is 2.39 bits per heavy atom. The van der Waals surface area contributed by atoms with Gasteiger partial charge in [0.1, 0.15) is 11.9 Å². The Morgan fingerprint density at radius 1 is 1.06 bits per heavy atom. The van der Waals surface area contributed by atoms with E-state index in [1.54, 1.807) is 31.2 Å². The topological polar surface area (TPSA) is 49.4 Å². The van der Waals surface area contributed by atoms with Crippen molar-refractivity contribution in [2.45, 2.75) is 45.2 Å². The molecule has 0 heterocycles. The van der Waals surface area contributed by atoms with Crippen molar-refractivity contribution in [3.8, 4) is 0 Å². The average Bonchev–Trinajstić information content (AvgIpc) is 2.69. The van der Waals surface area contributed by atoms with Crippen LogP contribution >= 0.6 is 46.6 Å². The second kappa shape index (κ2) is 12.0. The van der Waals surface area contributed by atoms with Crippen molar-refractivity contribution < 1.29 is 14.0 Å². The summed E-state index contributed by atoms with van der Waals surface area (Å²) < 4.78 is 14.0. The highest BCUT2D eigenvalue weighted by Gasteiger charge is 2.26. The second-order valence-corrected chi connectivity index (χ2v) is 9.51. The SMILES string of the molecule is CC(C)NC(=O)[C@H](C)N(Cc1ccc(Cl)c(Cl)c1)C(=O)CSCc1c(F)cccc1Cl. The van der Waals surface area contributed by atoms with Gasteiger partial charge in [0, 0.05) is 28.9 Å². The molecule has 4 nitrogen and oxygen atoms in total. The van der Waals surface area contributed by atoms with Crippen molar-refractivity contribution in [1.82, 2.24) is 10.2 Å². The van der Waals surface area contributed by atoms with Crippen LogP contribution in [0.15, 0.2) is 36.4 Å². The fourth-order valence-corrected chi connectivity index (χ4v) is 4.39. The molecule has 0 aliphatic carbocycles. The molecule has 1 atom stereocenters. The molecule has 0 saturated carbocycles. The molecule has 2 rings (SSSR count). The van der Waals surface area contributed by atoms with E-state index in [-0.39, 0.29) is 35.9 Å². The van der Waals surface area contributed by atoms with Crippen molar-refractivity contribution in [2.75, 3.05) is 5.75 Å². The number of carbonyl (C=O) groups excluding carboxylic acids is 2. The third-order valence-electron chi connectivity index (χ3n) is 4.47. The number of carbonyl (C=O) groups is 2. The van der Waals surface area contributed by atoms with Gasteiger partial charge in [0.25, 0.3) is 0 Å². The van der Waals surface area contributed by atoms with Gasteiger partial charge in [-0.1, -0.05) is 46.9 Å². The minimum atomic E-state index is -0.706. The van der Waals surface area contributed by atoms with Gasteiger partial charge in [-0.15, -0.1) is 11.8 Å².